The van der Waals surface area contributed by atoms with Crippen molar-refractivity contribution in [1.82, 2.24) is 24.9 Å². The van der Waals surface area contributed by atoms with Gasteiger partial charge in [-0.1, -0.05) is 0 Å². The molecule has 3 aliphatic rings. The van der Waals surface area contributed by atoms with Crippen LogP contribution in [0.4, 0.5) is 0 Å². The summed E-state index contributed by atoms with van der Waals surface area (Å²) in [7, 11) is 0. The van der Waals surface area contributed by atoms with Crippen LogP contribution in [-0.4, -0.2) is 94.2 Å². The predicted octanol–water partition coefficient (Wildman–Crippen LogP) is 0.468. The first-order valence-electron chi connectivity index (χ1n) is 11.2. The first kappa shape index (κ1) is 20.8. The number of aliphatic hydroxyl groups is 1. The summed E-state index contributed by atoms with van der Waals surface area (Å²) in [5.74, 6) is 0.0638. The van der Waals surface area contributed by atoms with Crippen LogP contribution in [0.15, 0.2) is 18.5 Å². The number of hydrogen-bond acceptors (Lipinski definition) is 6. The third-order valence-corrected chi connectivity index (χ3v) is 6.72. The highest BCUT2D eigenvalue weighted by molar-refractivity contribution is 5.82. The zero-order valence-corrected chi connectivity index (χ0v) is 17.3. The predicted molar refractivity (Wildman–Crippen MR) is 109 cm³/mol. The van der Waals surface area contributed by atoms with Gasteiger partial charge in [0.1, 0.15) is 0 Å². The molecule has 8 heteroatoms. The number of carbonyl (C=O) groups excluding carboxylic acids is 1. The molecule has 2 N–H and O–H groups in total. The Morgan fingerprint density at radius 3 is 2.69 bits per heavy atom. The molecule has 2 atom stereocenters. The monoisotopic (exact) mass is 405 g/mol. The number of ether oxygens (including phenoxy) is 1. The number of rotatable bonds is 7. The van der Waals surface area contributed by atoms with Gasteiger partial charge >= 0.3 is 0 Å². The van der Waals surface area contributed by atoms with Crippen LogP contribution in [-0.2, 0) is 16.1 Å². The molecule has 1 amide bonds. The van der Waals surface area contributed by atoms with Crippen LogP contribution >= 0.6 is 0 Å². The number of hydrogen-bond donors (Lipinski definition) is 2. The summed E-state index contributed by atoms with van der Waals surface area (Å²) < 4.78 is 7.37. The molecule has 1 aromatic heterocycles. The Morgan fingerprint density at radius 1 is 1.17 bits per heavy atom. The molecule has 0 aliphatic carbocycles. The van der Waals surface area contributed by atoms with E-state index in [0.29, 0.717) is 31.6 Å². The van der Waals surface area contributed by atoms with E-state index in [2.05, 4.69) is 20.2 Å². The normalized spacial score (nSPS) is 28.0. The lowest BCUT2D eigenvalue weighted by Gasteiger charge is -2.42. The lowest BCUT2D eigenvalue weighted by Crippen LogP contribution is -2.53. The summed E-state index contributed by atoms with van der Waals surface area (Å²) >= 11 is 0. The molecule has 0 radical (unpaired) electrons. The van der Waals surface area contributed by atoms with E-state index in [0.717, 1.165) is 65.0 Å². The van der Waals surface area contributed by atoms with Gasteiger partial charge in [0.2, 0.25) is 5.91 Å². The highest BCUT2D eigenvalue weighted by atomic mass is 16.5. The minimum Gasteiger partial charge on any atom is -0.392 e. The smallest absolute Gasteiger partial charge is 0.237 e. The Balaban J connectivity index is 1.23. The number of nitrogens with one attached hydrogen (secondary N) is 1. The SMILES string of the molecule is O=C(NCCCn1cccn1)[C@@H]1C[C@@H](O)CN1C1CCN(C2CCOCC2)CC1. The van der Waals surface area contributed by atoms with Crippen LogP contribution < -0.4 is 5.32 Å². The van der Waals surface area contributed by atoms with Crippen LogP contribution in [0.2, 0.25) is 0 Å². The molecular weight excluding hydrogens is 370 g/mol. The maximum atomic E-state index is 12.8. The van der Waals surface area contributed by atoms with E-state index in [1.54, 1.807) is 6.20 Å². The number of aliphatic hydroxyl groups excluding tert-OH is 1. The molecule has 4 heterocycles. The van der Waals surface area contributed by atoms with Gasteiger partial charge in [0.15, 0.2) is 0 Å². The van der Waals surface area contributed by atoms with Crippen molar-refractivity contribution in [3.63, 3.8) is 0 Å². The van der Waals surface area contributed by atoms with Gasteiger partial charge in [0.05, 0.1) is 12.1 Å². The van der Waals surface area contributed by atoms with Crippen LogP contribution in [0.1, 0.15) is 38.5 Å². The van der Waals surface area contributed by atoms with Crippen molar-refractivity contribution in [2.45, 2.75) is 69.3 Å². The van der Waals surface area contributed by atoms with E-state index in [4.69, 9.17) is 4.74 Å². The Hall–Kier alpha value is -1.48. The summed E-state index contributed by atoms with van der Waals surface area (Å²) in [6.45, 7) is 5.99. The van der Waals surface area contributed by atoms with E-state index in [9.17, 15) is 9.90 Å². The fourth-order valence-corrected chi connectivity index (χ4v) is 5.14. The van der Waals surface area contributed by atoms with Crippen molar-refractivity contribution in [2.24, 2.45) is 0 Å². The molecule has 0 aromatic carbocycles. The average Bonchev–Trinajstić information content (AvgIpc) is 3.41. The van der Waals surface area contributed by atoms with Crippen molar-refractivity contribution in [3.05, 3.63) is 18.5 Å². The fourth-order valence-electron chi connectivity index (χ4n) is 5.14. The van der Waals surface area contributed by atoms with Crippen molar-refractivity contribution in [1.29, 1.82) is 0 Å². The minimum absolute atomic E-state index is 0.0638. The Labute approximate surface area is 173 Å². The van der Waals surface area contributed by atoms with Gasteiger partial charge in [-0.25, -0.2) is 0 Å². The lowest BCUT2D eigenvalue weighted by atomic mass is 9.98. The minimum atomic E-state index is -0.400. The van der Waals surface area contributed by atoms with Crippen LogP contribution in [0.3, 0.4) is 0 Å². The van der Waals surface area contributed by atoms with Crippen LogP contribution in [0.5, 0.6) is 0 Å². The molecule has 3 aliphatic heterocycles. The van der Waals surface area contributed by atoms with Crippen molar-refractivity contribution < 1.29 is 14.6 Å². The fraction of sp³-hybridized carbons (Fsp3) is 0.810. The molecule has 3 fully saturated rings. The third kappa shape index (κ3) is 5.36. The first-order chi connectivity index (χ1) is 14.2. The van der Waals surface area contributed by atoms with Gasteiger partial charge < -0.3 is 20.1 Å². The molecule has 8 nitrogen and oxygen atoms in total. The van der Waals surface area contributed by atoms with Gasteiger partial charge in [0.25, 0.3) is 0 Å². The molecule has 0 bridgehead atoms. The number of carbonyl (C=O) groups is 1. The average molecular weight is 406 g/mol. The highest BCUT2D eigenvalue weighted by Gasteiger charge is 2.41. The summed E-state index contributed by atoms with van der Waals surface area (Å²) in [5.41, 5.74) is 0. The third-order valence-electron chi connectivity index (χ3n) is 6.72. The molecule has 3 saturated heterocycles. The van der Waals surface area contributed by atoms with Gasteiger partial charge in [0, 0.05) is 57.3 Å². The Bertz CT molecular complexity index is 626. The molecule has 0 spiro atoms. The summed E-state index contributed by atoms with van der Waals surface area (Å²) in [6, 6.07) is 2.75. The lowest BCUT2D eigenvalue weighted by molar-refractivity contribution is -0.126. The number of β-amino-alcohol motifs (C(OH)–C–C–N with tert-alkyl or cyclic N) is 1. The van der Waals surface area contributed by atoms with Gasteiger partial charge in [-0.2, -0.15) is 5.10 Å². The van der Waals surface area contributed by atoms with E-state index in [1.807, 2.05) is 16.9 Å². The van der Waals surface area contributed by atoms with Crippen molar-refractivity contribution in [2.75, 3.05) is 39.4 Å². The van der Waals surface area contributed by atoms with E-state index in [-0.39, 0.29) is 11.9 Å². The van der Waals surface area contributed by atoms with Crippen molar-refractivity contribution >= 4 is 5.91 Å². The zero-order valence-electron chi connectivity index (χ0n) is 17.3. The Kier molecular flexibility index (Phi) is 7.18. The van der Waals surface area contributed by atoms with Crippen LogP contribution in [0, 0.1) is 0 Å². The molecule has 162 valence electrons. The molecular formula is C21H35N5O3. The number of aromatic nitrogens is 2. The van der Waals surface area contributed by atoms with Gasteiger partial charge in [-0.3, -0.25) is 14.4 Å². The molecule has 4 rings (SSSR count). The number of nitrogens with zero attached hydrogens (tertiary/aromatic N) is 4. The molecule has 29 heavy (non-hydrogen) atoms. The number of amides is 1. The van der Waals surface area contributed by atoms with Gasteiger partial charge in [-0.05, 0) is 57.7 Å². The second-order valence-corrected chi connectivity index (χ2v) is 8.63. The van der Waals surface area contributed by atoms with Crippen molar-refractivity contribution in [3.8, 4) is 0 Å². The van der Waals surface area contributed by atoms with Crippen LogP contribution in [0.25, 0.3) is 0 Å². The standard InChI is InChI=1S/C21H35N5O3/c27-19-15-20(21(28)22-7-1-9-25-10-2-8-23-25)26(16-19)18-3-11-24(12-4-18)17-5-13-29-14-6-17/h2,8,10,17-20,27H,1,3-7,9,11-16H2,(H,22,28)/t19-,20+/m1/s1. The Morgan fingerprint density at radius 2 is 1.97 bits per heavy atom. The van der Waals surface area contributed by atoms with E-state index >= 15 is 0 Å². The van der Waals surface area contributed by atoms with Gasteiger partial charge in [-0.15, -0.1) is 0 Å². The number of likely N-dealkylation sites (tertiary alicyclic amines) is 2. The topological polar surface area (TPSA) is 82.9 Å². The molecule has 0 saturated carbocycles. The van der Waals surface area contributed by atoms with E-state index in [1.165, 1.54) is 0 Å². The summed E-state index contributed by atoms with van der Waals surface area (Å²) in [5, 5.41) is 17.5. The van der Waals surface area contributed by atoms with E-state index < -0.39 is 6.10 Å². The number of aryl methyl sites for hydroxylation is 1. The number of piperidine rings is 1. The zero-order chi connectivity index (χ0) is 20.1. The maximum Gasteiger partial charge on any atom is 0.237 e. The molecule has 1 aromatic rings. The largest absolute Gasteiger partial charge is 0.392 e. The maximum absolute atomic E-state index is 12.8. The highest BCUT2D eigenvalue weighted by Crippen LogP contribution is 2.28. The second kappa shape index (κ2) is 10.0. The molecule has 0 unspecified atom stereocenters. The summed E-state index contributed by atoms with van der Waals surface area (Å²) in [4.78, 5) is 17.7. The summed E-state index contributed by atoms with van der Waals surface area (Å²) in [6.07, 6.45) is 9.13. The quantitative estimate of drug-likeness (QED) is 0.642. The second-order valence-electron chi connectivity index (χ2n) is 8.63. The first-order valence-corrected chi connectivity index (χ1v) is 11.2.